The molecule has 0 aliphatic heterocycles. The molecule has 7 nitrogen and oxygen atoms in total. The monoisotopic (exact) mass is 364 g/mol. The molecule has 138 valence electrons. The second kappa shape index (κ2) is 8.27. The zero-order chi connectivity index (χ0) is 19.2. The number of benzene rings is 1. The lowest BCUT2D eigenvalue weighted by atomic mass is 10.1. The third kappa shape index (κ3) is 5.01. The zero-order valence-electron chi connectivity index (χ0n) is 15.2. The second-order valence-corrected chi connectivity index (χ2v) is 6.18. The highest BCUT2D eigenvalue weighted by Gasteiger charge is 2.06. The van der Waals surface area contributed by atoms with Crippen LogP contribution in [-0.4, -0.2) is 20.4 Å². The molecule has 0 radical (unpaired) electrons. The van der Waals surface area contributed by atoms with E-state index in [1.54, 1.807) is 18.3 Å². The Hall–Kier alpha value is -3.48. The van der Waals surface area contributed by atoms with E-state index in [4.69, 9.17) is 4.74 Å². The van der Waals surface area contributed by atoms with Crippen molar-refractivity contribution in [3.63, 3.8) is 0 Å². The van der Waals surface area contributed by atoms with Gasteiger partial charge in [-0.05, 0) is 42.7 Å². The minimum atomic E-state index is -0.456. The van der Waals surface area contributed by atoms with E-state index in [-0.39, 0.29) is 12.5 Å². The third-order valence-corrected chi connectivity index (χ3v) is 3.94. The van der Waals surface area contributed by atoms with Crippen molar-refractivity contribution in [3.05, 3.63) is 82.2 Å². The quantitative estimate of drug-likeness (QED) is 0.726. The van der Waals surface area contributed by atoms with Crippen molar-refractivity contribution in [2.45, 2.75) is 26.9 Å². The van der Waals surface area contributed by atoms with Crippen LogP contribution in [0.2, 0.25) is 0 Å². The van der Waals surface area contributed by atoms with Crippen LogP contribution in [0.25, 0.3) is 0 Å². The first-order valence-corrected chi connectivity index (χ1v) is 8.49. The van der Waals surface area contributed by atoms with Crippen molar-refractivity contribution in [2.75, 3.05) is 0 Å². The summed E-state index contributed by atoms with van der Waals surface area (Å²) < 4.78 is 7.06. The SMILES string of the molecule is Cc1ccc(C)c(Oc2ccc(CNC(=O)Cn3cccnc3=O)cn2)c1. The first-order valence-electron chi connectivity index (χ1n) is 8.49. The van der Waals surface area contributed by atoms with Crippen molar-refractivity contribution in [1.29, 1.82) is 0 Å². The van der Waals surface area contributed by atoms with Gasteiger partial charge in [-0.1, -0.05) is 18.2 Å². The lowest BCUT2D eigenvalue weighted by Crippen LogP contribution is -2.32. The first kappa shape index (κ1) is 18.3. The van der Waals surface area contributed by atoms with Gasteiger partial charge in [0.05, 0.1) is 0 Å². The maximum atomic E-state index is 12.0. The summed E-state index contributed by atoms with van der Waals surface area (Å²) in [5.74, 6) is 0.979. The van der Waals surface area contributed by atoms with Gasteiger partial charge in [-0.2, -0.15) is 0 Å². The number of nitrogens with zero attached hydrogens (tertiary/aromatic N) is 3. The number of aryl methyl sites for hydroxylation is 2. The highest BCUT2D eigenvalue weighted by atomic mass is 16.5. The van der Waals surface area contributed by atoms with Crippen LogP contribution in [0.15, 0.2) is 59.8 Å². The number of hydrogen-bond donors (Lipinski definition) is 1. The van der Waals surface area contributed by atoms with Gasteiger partial charge < -0.3 is 10.1 Å². The fourth-order valence-corrected chi connectivity index (χ4v) is 2.42. The summed E-state index contributed by atoms with van der Waals surface area (Å²) >= 11 is 0. The molecule has 1 aromatic carbocycles. The van der Waals surface area contributed by atoms with E-state index in [1.807, 2.05) is 38.1 Å². The smallest absolute Gasteiger partial charge is 0.347 e. The van der Waals surface area contributed by atoms with Crippen molar-refractivity contribution >= 4 is 5.91 Å². The molecule has 0 unspecified atom stereocenters. The Morgan fingerprint density at radius 1 is 1.19 bits per heavy atom. The standard InChI is InChI=1S/C20H20N4O3/c1-14-4-5-15(2)17(10-14)27-19-7-6-16(12-23-19)11-22-18(25)13-24-9-3-8-21-20(24)26/h3-10,12H,11,13H2,1-2H3,(H,22,25). The Balaban J connectivity index is 1.56. The number of pyridine rings is 1. The van der Waals surface area contributed by atoms with Gasteiger partial charge in [-0.15, -0.1) is 0 Å². The van der Waals surface area contributed by atoms with Crippen LogP contribution in [-0.2, 0) is 17.9 Å². The van der Waals surface area contributed by atoms with Gasteiger partial charge in [0, 0.05) is 31.2 Å². The number of nitrogens with one attached hydrogen (secondary N) is 1. The van der Waals surface area contributed by atoms with Crippen LogP contribution in [0.3, 0.4) is 0 Å². The Bertz CT molecular complexity index is 997. The summed E-state index contributed by atoms with van der Waals surface area (Å²) in [4.78, 5) is 31.4. The summed E-state index contributed by atoms with van der Waals surface area (Å²) in [6.45, 7) is 4.22. The zero-order valence-corrected chi connectivity index (χ0v) is 15.2. The van der Waals surface area contributed by atoms with E-state index in [0.717, 1.165) is 22.4 Å². The van der Waals surface area contributed by atoms with Crippen LogP contribution in [0.1, 0.15) is 16.7 Å². The van der Waals surface area contributed by atoms with E-state index in [0.29, 0.717) is 12.4 Å². The van der Waals surface area contributed by atoms with Crippen LogP contribution in [0, 0.1) is 13.8 Å². The molecule has 0 bridgehead atoms. The Labute approximate surface area is 156 Å². The summed E-state index contributed by atoms with van der Waals surface area (Å²) in [7, 11) is 0. The van der Waals surface area contributed by atoms with Gasteiger partial charge in [-0.25, -0.2) is 14.8 Å². The molecule has 1 amide bonds. The third-order valence-electron chi connectivity index (χ3n) is 3.94. The van der Waals surface area contributed by atoms with Gasteiger partial charge in [0.1, 0.15) is 12.3 Å². The predicted molar refractivity (Wildman–Crippen MR) is 101 cm³/mol. The van der Waals surface area contributed by atoms with Crippen molar-refractivity contribution in [3.8, 4) is 11.6 Å². The normalized spacial score (nSPS) is 10.4. The largest absolute Gasteiger partial charge is 0.439 e. The molecule has 0 saturated carbocycles. The number of rotatable bonds is 6. The lowest BCUT2D eigenvalue weighted by Gasteiger charge is -2.10. The number of ether oxygens (including phenoxy) is 1. The van der Waals surface area contributed by atoms with Crippen LogP contribution >= 0.6 is 0 Å². The Morgan fingerprint density at radius 2 is 2.04 bits per heavy atom. The molecule has 0 spiro atoms. The molecule has 0 aliphatic rings. The van der Waals surface area contributed by atoms with Gasteiger partial charge >= 0.3 is 5.69 Å². The van der Waals surface area contributed by atoms with E-state index >= 15 is 0 Å². The molecule has 0 aliphatic carbocycles. The molecule has 2 heterocycles. The van der Waals surface area contributed by atoms with Gasteiger partial charge in [-0.3, -0.25) is 9.36 Å². The fraction of sp³-hybridized carbons (Fsp3) is 0.200. The van der Waals surface area contributed by atoms with Crippen molar-refractivity contribution in [1.82, 2.24) is 19.9 Å². The average Bonchev–Trinajstić information content (AvgIpc) is 2.66. The number of carbonyl (C=O) groups excluding carboxylic acids is 1. The predicted octanol–water partition coefficient (Wildman–Crippen LogP) is 2.36. The Kier molecular flexibility index (Phi) is 5.61. The van der Waals surface area contributed by atoms with E-state index in [9.17, 15) is 9.59 Å². The lowest BCUT2D eigenvalue weighted by molar-refractivity contribution is -0.121. The molecule has 7 heteroatoms. The van der Waals surface area contributed by atoms with E-state index in [1.165, 1.54) is 17.0 Å². The summed E-state index contributed by atoms with van der Waals surface area (Å²) in [5.41, 5.74) is 2.52. The van der Waals surface area contributed by atoms with Gasteiger partial charge in [0.25, 0.3) is 0 Å². The summed E-state index contributed by atoms with van der Waals surface area (Å²) in [6, 6.07) is 11.2. The fourth-order valence-electron chi connectivity index (χ4n) is 2.42. The van der Waals surface area contributed by atoms with E-state index < -0.39 is 5.69 Å². The molecule has 2 aromatic heterocycles. The topological polar surface area (TPSA) is 86.1 Å². The minimum Gasteiger partial charge on any atom is -0.439 e. The summed E-state index contributed by atoms with van der Waals surface area (Å²) in [6.07, 6.45) is 4.57. The maximum absolute atomic E-state index is 12.0. The maximum Gasteiger partial charge on any atom is 0.347 e. The Morgan fingerprint density at radius 3 is 2.78 bits per heavy atom. The number of amides is 1. The van der Waals surface area contributed by atoms with Crippen molar-refractivity contribution in [2.24, 2.45) is 0 Å². The molecule has 0 fully saturated rings. The molecular weight excluding hydrogens is 344 g/mol. The molecule has 3 rings (SSSR count). The highest BCUT2D eigenvalue weighted by Crippen LogP contribution is 2.24. The van der Waals surface area contributed by atoms with Gasteiger partial charge in [0.15, 0.2) is 0 Å². The van der Waals surface area contributed by atoms with Crippen LogP contribution in [0.4, 0.5) is 0 Å². The molecule has 0 atom stereocenters. The molecule has 27 heavy (non-hydrogen) atoms. The number of hydrogen-bond acceptors (Lipinski definition) is 5. The molecular formula is C20H20N4O3. The van der Waals surface area contributed by atoms with Gasteiger partial charge in [0.2, 0.25) is 11.8 Å². The molecule has 0 saturated heterocycles. The second-order valence-electron chi connectivity index (χ2n) is 6.18. The van der Waals surface area contributed by atoms with Crippen molar-refractivity contribution < 1.29 is 9.53 Å². The molecule has 1 N–H and O–H groups in total. The van der Waals surface area contributed by atoms with Crippen LogP contribution < -0.4 is 15.7 Å². The minimum absolute atomic E-state index is 0.0755. The summed E-state index contributed by atoms with van der Waals surface area (Å²) in [5, 5.41) is 2.75. The number of aromatic nitrogens is 3. The number of carbonyl (C=O) groups is 1. The highest BCUT2D eigenvalue weighted by molar-refractivity contribution is 5.75. The van der Waals surface area contributed by atoms with E-state index in [2.05, 4.69) is 15.3 Å². The molecule has 3 aromatic rings. The average molecular weight is 364 g/mol. The first-order chi connectivity index (χ1) is 13.0. The van der Waals surface area contributed by atoms with Crippen LogP contribution in [0.5, 0.6) is 11.6 Å².